The first kappa shape index (κ1) is 38.7. The smallest absolute Gasteiger partial charge is 0.688 e. The van der Waals surface area contributed by atoms with Crippen LogP contribution in [0.25, 0.3) is 26.3 Å². The Morgan fingerprint density at radius 2 is 1.19 bits per heavy atom. The molecule has 0 spiro atoms. The molecule has 0 aliphatic rings. The van der Waals surface area contributed by atoms with Crippen molar-refractivity contribution >= 4 is 33.5 Å². The summed E-state index contributed by atoms with van der Waals surface area (Å²) in [6.07, 6.45) is -4.35. The minimum absolute atomic E-state index is 0. The van der Waals surface area contributed by atoms with Crippen LogP contribution in [0.3, 0.4) is 0 Å². The molecule has 3 aromatic carbocycles. The second-order valence-corrected chi connectivity index (χ2v) is 20.8. The van der Waals surface area contributed by atoms with E-state index in [2.05, 4.69) is 54.9 Å². The van der Waals surface area contributed by atoms with E-state index >= 15 is 0 Å². The van der Waals surface area contributed by atoms with Crippen LogP contribution in [0, 0.1) is 0 Å². The number of ether oxygens (including phenoxy) is 1. The zero-order valence-corrected chi connectivity index (χ0v) is 29.8. The summed E-state index contributed by atoms with van der Waals surface area (Å²) in [7, 11) is -3.25. The maximum absolute atomic E-state index is 12.8. The van der Waals surface area contributed by atoms with E-state index in [9.17, 15) is 13.2 Å². The number of para-hydroxylation sites is 2. The maximum Gasteiger partial charge on any atom is 4.00 e. The quantitative estimate of drug-likeness (QED) is 0.133. The first-order valence-electron chi connectivity index (χ1n) is 14.0. The van der Waals surface area contributed by atoms with Crippen molar-refractivity contribution in [3.63, 3.8) is 0 Å². The molecule has 0 saturated heterocycles. The van der Waals surface area contributed by atoms with Crippen molar-refractivity contribution in [3.8, 4) is 0 Å². The molecule has 0 heterocycles. The normalized spacial score (nSPS) is 12.2. The topological polar surface area (TPSA) is 65.6 Å². The van der Waals surface area contributed by atoms with Crippen molar-refractivity contribution in [2.45, 2.75) is 52.4 Å². The number of nitrogens with zero attached hydrogens (tertiary/aromatic N) is 4. The standard InChI is InChI=1S/C20H33F3N3OSi2.C12H10N.Ti/c1-16(24-12-14-27-15-13-25-28(2,3)4)19(26-29(5,6)7)17-8-10-18(11-9-17)20(21,22)23;1-3-7-11(8-4-1)13-12-9-5-2-6-10-12;/h8-11H,12-15H2,1-7H3;1-10H;/q-3;-1;+4/b19-16-;;. The van der Waals surface area contributed by atoms with Crippen molar-refractivity contribution in [2.24, 2.45) is 0 Å². The fourth-order valence-corrected chi connectivity index (χ4v) is 5.29. The van der Waals surface area contributed by atoms with Crippen LogP contribution in [0.1, 0.15) is 18.1 Å². The molecule has 0 N–H and O–H groups in total. The molecule has 0 bridgehead atoms. The van der Waals surface area contributed by atoms with Crippen LogP contribution < -0.4 is 0 Å². The van der Waals surface area contributed by atoms with E-state index in [4.69, 9.17) is 9.72 Å². The second-order valence-electron chi connectivity index (χ2n) is 11.6. The summed E-state index contributed by atoms with van der Waals surface area (Å²) in [4.78, 5) is 9.42. The third-order valence-corrected chi connectivity index (χ3v) is 7.52. The van der Waals surface area contributed by atoms with Gasteiger partial charge in [0.25, 0.3) is 0 Å². The van der Waals surface area contributed by atoms with Gasteiger partial charge < -0.3 is 25.3 Å². The molecule has 43 heavy (non-hydrogen) atoms. The Morgan fingerprint density at radius 3 is 1.63 bits per heavy atom. The molecular weight excluding hydrogens is 617 g/mol. The van der Waals surface area contributed by atoms with Crippen molar-refractivity contribution in [1.82, 2.24) is 0 Å². The van der Waals surface area contributed by atoms with Crippen LogP contribution in [0.5, 0.6) is 0 Å². The van der Waals surface area contributed by atoms with Crippen molar-refractivity contribution < 1.29 is 39.6 Å². The van der Waals surface area contributed by atoms with Gasteiger partial charge in [0.15, 0.2) is 0 Å². The minimum atomic E-state index is -4.35. The number of benzene rings is 3. The summed E-state index contributed by atoms with van der Waals surface area (Å²) < 4.78 is 44.1. The predicted molar refractivity (Wildman–Crippen MR) is 177 cm³/mol. The van der Waals surface area contributed by atoms with Crippen LogP contribution in [0.15, 0.2) is 90.6 Å². The Hall–Kier alpha value is -2.34. The van der Waals surface area contributed by atoms with Gasteiger partial charge in [0.05, 0.1) is 5.56 Å². The summed E-state index contributed by atoms with van der Waals surface area (Å²) >= 11 is 0. The van der Waals surface area contributed by atoms with E-state index in [1.807, 2.05) is 67.6 Å². The number of rotatable bonds is 13. The first-order valence-corrected chi connectivity index (χ1v) is 20.9. The van der Waals surface area contributed by atoms with Crippen LogP contribution in [0.2, 0.25) is 39.3 Å². The maximum atomic E-state index is 12.8. The molecule has 0 radical (unpaired) electrons. The summed E-state index contributed by atoms with van der Waals surface area (Å²) in [6.45, 7) is 16.9. The number of alkyl halides is 3. The molecule has 0 unspecified atom stereocenters. The molecule has 0 atom stereocenters. The van der Waals surface area contributed by atoms with Gasteiger partial charge in [-0.25, -0.2) is 0 Å². The first-order chi connectivity index (χ1) is 19.6. The number of allylic oxidation sites excluding steroid dienone is 1. The van der Waals surface area contributed by atoms with Gasteiger partial charge in [-0.2, -0.15) is 24.6 Å². The molecule has 5 nitrogen and oxygen atoms in total. The van der Waals surface area contributed by atoms with E-state index in [0.29, 0.717) is 43.3 Å². The average molecular weight is 661 g/mol. The Morgan fingerprint density at radius 1 is 0.698 bits per heavy atom. The van der Waals surface area contributed by atoms with E-state index in [1.165, 1.54) is 12.1 Å². The Kier molecular flexibility index (Phi) is 16.6. The van der Waals surface area contributed by atoms with Crippen LogP contribution in [0.4, 0.5) is 24.5 Å². The molecule has 0 aliphatic carbocycles. The molecule has 0 amide bonds. The summed E-state index contributed by atoms with van der Waals surface area (Å²) in [5, 5.41) is 8.98. The Balaban J connectivity index is 0.000000546. The molecule has 0 aliphatic heterocycles. The van der Waals surface area contributed by atoms with Crippen LogP contribution in [-0.4, -0.2) is 42.8 Å². The Labute approximate surface area is 273 Å². The zero-order chi connectivity index (χ0) is 31.2. The SMILES string of the molecule is C/C([N-]CCOCC[N-][Si](C)(C)C)=C(/[N-][Si](C)(C)C)c1ccc(C(F)(F)F)cc1.[Ti+4].c1ccc([N-]c2ccccc2)cc1. The van der Waals surface area contributed by atoms with Crippen molar-refractivity contribution in [3.05, 3.63) is 122 Å². The average Bonchev–Trinajstić information content (AvgIpc) is 2.91. The minimum Gasteiger partial charge on any atom is -0.688 e. The van der Waals surface area contributed by atoms with Gasteiger partial charge in [-0.3, -0.25) is 0 Å². The fraction of sp³-hybridized carbons (Fsp3) is 0.375. The van der Waals surface area contributed by atoms with Gasteiger partial charge in [-0.05, 0) is 25.9 Å². The number of halogens is 3. The fourth-order valence-electron chi connectivity index (χ4n) is 3.56. The predicted octanol–water partition coefficient (Wildman–Crippen LogP) is 11.2. The molecule has 230 valence electrons. The van der Waals surface area contributed by atoms with E-state index in [1.54, 1.807) is 0 Å². The molecule has 3 rings (SSSR count). The van der Waals surface area contributed by atoms with Crippen LogP contribution in [-0.2, 0) is 32.6 Å². The molecular formula is C32H43F3N4OSi2Ti. The summed E-state index contributed by atoms with van der Waals surface area (Å²) in [5.41, 5.74) is 3.34. The number of hydrogen-bond donors (Lipinski definition) is 0. The van der Waals surface area contributed by atoms with Gasteiger partial charge in [0, 0.05) is 13.2 Å². The molecule has 0 fully saturated rings. The van der Waals surface area contributed by atoms with E-state index in [0.717, 1.165) is 23.5 Å². The molecule has 0 saturated carbocycles. The van der Waals surface area contributed by atoms with Gasteiger partial charge in [-0.15, -0.1) is 24.5 Å². The van der Waals surface area contributed by atoms with E-state index in [-0.39, 0.29) is 21.7 Å². The zero-order valence-electron chi connectivity index (χ0n) is 26.2. The third kappa shape index (κ3) is 16.9. The largest absolute Gasteiger partial charge is 4.00 e. The van der Waals surface area contributed by atoms with Crippen LogP contribution >= 0.6 is 0 Å². The molecule has 3 aromatic rings. The van der Waals surface area contributed by atoms with Crippen molar-refractivity contribution in [2.75, 3.05) is 26.3 Å². The summed E-state index contributed by atoms with van der Waals surface area (Å²) in [6, 6.07) is 25.0. The number of hydrogen-bond acceptors (Lipinski definition) is 1. The monoisotopic (exact) mass is 660 g/mol. The molecule has 11 heteroatoms. The third-order valence-electron chi connectivity index (χ3n) is 5.45. The van der Waals surface area contributed by atoms with Gasteiger partial charge in [-0.1, -0.05) is 127 Å². The Bertz CT molecular complexity index is 1180. The van der Waals surface area contributed by atoms with Gasteiger partial charge in [0.1, 0.15) is 0 Å². The van der Waals surface area contributed by atoms with Gasteiger partial charge >= 0.3 is 27.9 Å². The second kappa shape index (κ2) is 18.5. The van der Waals surface area contributed by atoms with Crippen molar-refractivity contribution in [1.29, 1.82) is 0 Å². The van der Waals surface area contributed by atoms with Gasteiger partial charge in [0.2, 0.25) is 0 Å². The summed E-state index contributed by atoms with van der Waals surface area (Å²) in [5.74, 6) is 0. The van der Waals surface area contributed by atoms with E-state index < -0.39 is 28.2 Å². The molecule has 0 aromatic heterocycles.